The monoisotopic (exact) mass is 541 g/mol. The lowest BCUT2D eigenvalue weighted by atomic mass is 10.0. The van der Waals surface area contributed by atoms with Crippen molar-refractivity contribution in [3.05, 3.63) is 106 Å². The van der Waals surface area contributed by atoms with Gasteiger partial charge in [-0.1, -0.05) is 72.3 Å². The molecule has 0 aliphatic rings. The van der Waals surface area contributed by atoms with Crippen LogP contribution in [0.1, 0.15) is 40.2 Å². The number of hydrogen-bond donors (Lipinski definition) is 2. The first-order valence-corrected chi connectivity index (χ1v) is 13.1. The number of halogens is 1. The lowest BCUT2D eigenvalue weighted by Gasteiger charge is -2.28. The van der Waals surface area contributed by atoms with Gasteiger partial charge in [-0.05, 0) is 36.2 Å². The fourth-order valence-corrected chi connectivity index (χ4v) is 5.06. The molecule has 0 saturated carbocycles. The number of aromatic nitrogens is 2. The zero-order valence-electron chi connectivity index (χ0n) is 19.1. The van der Waals surface area contributed by atoms with Crippen molar-refractivity contribution in [3.8, 4) is 0 Å². The molecule has 4 rings (SSSR count). The van der Waals surface area contributed by atoms with Crippen molar-refractivity contribution in [1.29, 1.82) is 0 Å². The minimum absolute atomic E-state index is 0.0248. The van der Waals surface area contributed by atoms with Gasteiger partial charge in [0.25, 0.3) is 5.91 Å². The quantitative estimate of drug-likeness (QED) is 0.300. The summed E-state index contributed by atoms with van der Waals surface area (Å²) in [7, 11) is 0. The number of amides is 1. The lowest BCUT2D eigenvalue weighted by Crippen LogP contribution is -2.38. The van der Waals surface area contributed by atoms with Crippen LogP contribution in [-0.4, -0.2) is 34.6 Å². The summed E-state index contributed by atoms with van der Waals surface area (Å²) in [6.45, 7) is 1.66. The van der Waals surface area contributed by atoms with Crippen LogP contribution >= 0.6 is 23.3 Å². The van der Waals surface area contributed by atoms with Crippen molar-refractivity contribution in [3.63, 3.8) is 0 Å². The summed E-state index contributed by atoms with van der Waals surface area (Å²) >= 11 is 4.24. The van der Waals surface area contributed by atoms with E-state index in [0.717, 1.165) is 21.6 Å². The predicted molar refractivity (Wildman–Crippen MR) is 140 cm³/mol. The molecule has 0 bridgehead atoms. The van der Waals surface area contributed by atoms with Crippen molar-refractivity contribution in [2.75, 3.05) is 4.31 Å². The standard InChI is InChI=1S/C25H23ClN4O4S2/c1-16(23(31)18-10-6-3-7-11-18)27-25(32)20-13-12-19(26)15-22(20)30(36(33)34)24-21(28-35-29-24)14-17-8-4-2-5-9-17/h2-13,15-16,23,31H,14H2,1H3,(H,27,32)(H,33,34)/p-1. The maximum absolute atomic E-state index is 13.3. The van der Waals surface area contributed by atoms with Crippen LogP contribution in [0.2, 0.25) is 5.02 Å². The molecular weight excluding hydrogens is 520 g/mol. The Morgan fingerprint density at radius 3 is 2.44 bits per heavy atom. The van der Waals surface area contributed by atoms with Crippen LogP contribution in [0.4, 0.5) is 11.5 Å². The molecule has 3 atom stereocenters. The zero-order valence-corrected chi connectivity index (χ0v) is 21.5. The molecule has 4 aromatic rings. The van der Waals surface area contributed by atoms with Crippen LogP contribution in [0.25, 0.3) is 0 Å². The number of anilines is 2. The molecule has 0 spiro atoms. The maximum Gasteiger partial charge on any atom is 0.253 e. The molecule has 186 valence electrons. The molecule has 0 aliphatic carbocycles. The van der Waals surface area contributed by atoms with Crippen molar-refractivity contribution < 1.29 is 18.7 Å². The van der Waals surface area contributed by atoms with Crippen LogP contribution in [0.15, 0.2) is 78.9 Å². The molecule has 36 heavy (non-hydrogen) atoms. The van der Waals surface area contributed by atoms with Crippen molar-refractivity contribution in [2.45, 2.75) is 25.5 Å². The fourth-order valence-electron chi connectivity index (χ4n) is 3.69. The van der Waals surface area contributed by atoms with E-state index in [1.165, 1.54) is 18.2 Å². The molecule has 8 nitrogen and oxygen atoms in total. The van der Waals surface area contributed by atoms with E-state index < -0.39 is 29.3 Å². The highest BCUT2D eigenvalue weighted by Gasteiger charge is 2.26. The van der Waals surface area contributed by atoms with Gasteiger partial charge < -0.3 is 15.0 Å². The number of nitrogens with zero attached hydrogens (tertiary/aromatic N) is 3. The van der Waals surface area contributed by atoms with Crippen LogP contribution in [0.5, 0.6) is 0 Å². The SMILES string of the molecule is CC(NC(=O)c1ccc(Cl)cc1N(c1nsnc1Cc1ccccc1)S(=O)[O-])C(O)c1ccccc1. The Bertz CT molecular complexity index is 1350. The van der Waals surface area contributed by atoms with Crippen LogP contribution in [0, 0.1) is 0 Å². The Hall–Kier alpha value is -3.15. The largest absolute Gasteiger partial charge is 0.755 e. The minimum Gasteiger partial charge on any atom is -0.755 e. The second kappa shape index (κ2) is 11.7. The van der Waals surface area contributed by atoms with Gasteiger partial charge in [0.1, 0.15) is 5.69 Å². The molecule has 0 radical (unpaired) electrons. The van der Waals surface area contributed by atoms with E-state index in [4.69, 9.17) is 11.6 Å². The van der Waals surface area contributed by atoms with E-state index >= 15 is 0 Å². The fraction of sp³-hybridized carbons (Fsp3) is 0.160. The summed E-state index contributed by atoms with van der Waals surface area (Å²) in [5, 5.41) is 13.7. The average molecular weight is 542 g/mol. The molecule has 1 heterocycles. The zero-order chi connectivity index (χ0) is 25.7. The van der Waals surface area contributed by atoms with E-state index in [9.17, 15) is 18.7 Å². The van der Waals surface area contributed by atoms with Gasteiger partial charge in [-0.3, -0.25) is 13.3 Å². The van der Waals surface area contributed by atoms with E-state index in [2.05, 4.69) is 14.1 Å². The number of aliphatic hydroxyl groups excluding tert-OH is 1. The van der Waals surface area contributed by atoms with Crippen molar-refractivity contribution in [1.82, 2.24) is 14.1 Å². The third-order valence-electron chi connectivity index (χ3n) is 5.49. The van der Waals surface area contributed by atoms with Crippen molar-refractivity contribution in [2.24, 2.45) is 0 Å². The molecule has 0 saturated heterocycles. The number of hydrogen-bond acceptors (Lipinski definition) is 7. The van der Waals surface area contributed by atoms with Gasteiger partial charge in [-0.15, -0.1) is 0 Å². The third-order valence-corrected chi connectivity index (χ3v) is 6.95. The highest BCUT2D eigenvalue weighted by Crippen LogP contribution is 2.34. The minimum atomic E-state index is -2.84. The van der Waals surface area contributed by atoms with Gasteiger partial charge in [-0.2, -0.15) is 8.75 Å². The summed E-state index contributed by atoms with van der Waals surface area (Å²) in [4.78, 5) is 13.3. The lowest BCUT2D eigenvalue weighted by molar-refractivity contribution is 0.0853. The van der Waals surface area contributed by atoms with Gasteiger partial charge in [0, 0.05) is 11.4 Å². The second-order valence-electron chi connectivity index (χ2n) is 7.99. The molecule has 3 aromatic carbocycles. The molecular formula is C25H22ClN4O4S2-. The Morgan fingerprint density at radius 2 is 1.78 bits per heavy atom. The third kappa shape index (κ3) is 5.97. The van der Waals surface area contributed by atoms with Crippen LogP contribution in [0.3, 0.4) is 0 Å². The molecule has 2 N–H and O–H groups in total. The molecule has 1 aromatic heterocycles. The smallest absolute Gasteiger partial charge is 0.253 e. The van der Waals surface area contributed by atoms with Crippen molar-refractivity contribution >= 4 is 52.0 Å². The van der Waals surface area contributed by atoms with E-state index in [-0.39, 0.29) is 22.1 Å². The predicted octanol–water partition coefficient (Wildman–Crippen LogP) is 4.57. The number of carbonyl (C=O) groups is 1. The Morgan fingerprint density at radius 1 is 1.11 bits per heavy atom. The molecule has 0 aliphatic heterocycles. The Balaban J connectivity index is 1.66. The Labute approximate surface area is 220 Å². The summed E-state index contributed by atoms with van der Waals surface area (Å²) in [5.41, 5.74) is 2.08. The van der Waals surface area contributed by atoms with Crippen LogP contribution in [-0.2, 0) is 17.7 Å². The first-order valence-electron chi connectivity index (χ1n) is 10.9. The summed E-state index contributed by atoms with van der Waals surface area (Å²) in [5.74, 6) is -0.488. The highest BCUT2D eigenvalue weighted by atomic mass is 35.5. The summed E-state index contributed by atoms with van der Waals surface area (Å²) in [6.07, 6.45) is -0.612. The average Bonchev–Trinajstić information content (AvgIpc) is 3.32. The summed E-state index contributed by atoms with van der Waals surface area (Å²) < 4.78 is 34.3. The summed E-state index contributed by atoms with van der Waals surface area (Å²) in [6, 6.07) is 22.0. The molecule has 1 amide bonds. The molecule has 3 unspecified atom stereocenters. The number of carbonyl (C=O) groups excluding carboxylic acids is 1. The highest BCUT2D eigenvalue weighted by molar-refractivity contribution is 7.81. The van der Waals surface area contributed by atoms with Gasteiger partial charge >= 0.3 is 0 Å². The van der Waals surface area contributed by atoms with E-state index in [1.807, 2.05) is 36.4 Å². The van der Waals surface area contributed by atoms with E-state index in [0.29, 0.717) is 17.7 Å². The van der Waals surface area contributed by atoms with E-state index in [1.54, 1.807) is 31.2 Å². The second-order valence-corrected chi connectivity index (χ2v) is 9.75. The molecule has 0 fully saturated rings. The van der Waals surface area contributed by atoms with Gasteiger partial charge in [0.2, 0.25) is 0 Å². The maximum atomic E-state index is 13.3. The number of rotatable bonds is 9. The first kappa shape index (κ1) is 25.9. The number of aliphatic hydroxyl groups is 1. The number of benzene rings is 3. The van der Waals surface area contributed by atoms with Gasteiger partial charge in [0.05, 0.1) is 46.4 Å². The normalized spacial score (nSPS) is 13.6. The van der Waals surface area contributed by atoms with Gasteiger partial charge in [-0.25, -0.2) is 0 Å². The number of nitrogens with one attached hydrogen (secondary N) is 1. The topological polar surface area (TPSA) is 118 Å². The first-order chi connectivity index (χ1) is 17.3. The molecule has 11 heteroatoms. The Kier molecular flexibility index (Phi) is 8.44. The van der Waals surface area contributed by atoms with Crippen LogP contribution < -0.4 is 9.62 Å². The van der Waals surface area contributed by atoms with Gasteiger partial charge in [0.15, 0.2) is 5.82 Å².